The monoisotopic (exact) mass is 411 g/mol. The minimum Gasteiger partial charge on any atom is -0.507 e. The van der Waals surface area contributed by atoms with Gasteiger partial charge in [0.1, 0.15) is 5.75 Å². The molecule has 2 aromatic rings. The molecule has 1 saturated carbocycles. The SMILES string of the molecule is O=C(N/N=C1\CCc2c(Cl)ccc(O)c21)c1cccc(C(=O)NC2CCCC2)c1. The third-order valence-corrected chi connectivity index (χ3v) is 5.86. The summed E-state index contributed by atoms with van der Waals surface area (Å²) in [5, 5.41) is 17.9. The molecule has 1 fully saturated rings. The molecule has 4 rings (SSSR count). The molecule has 6 nitrogen and oxygen atoms in total. The molecule has 0 unspecified atom stereocenters. The highest BCUT2D eigenvalue weighted by Crippen LogP contribution is 2.35. The molecule has 0 aliphatic heterocycles. The van der Waals surface area contributed by atoms with Crippen molar-refractivity contribution in [3.63, 3.8) is 0 Å². The maximum absolute atomic E-state index is 12.5. The molecule has 0 saturated heterocycles. The van der Waals surface area contributed by atoms with Crippen LogP contribution in [-0.4, -0.2) is 28.7 Å². The van der Waals surface area contributed by atoms with Gasteiger partial charge in [-0.3, -0.25) is 9.59 Å². The minimum absolute atomic E-state index is 0.0977. The molecule has 150 valence electrons. The number of benzene rings is 2. The van der Waals surface area contributed by atoms with Crippen LogP contribution in [0.4, 0.5) is 0 Å². The Morgan fingerprint density at radius 2 is 1.76 bits per heavy atom. The van der Waals surface area contributed by atoms with Gasteiger partial charge < -0.3 is 10.4 Å². The number of hydrazone groups is 1. The highest BCUT2D eigenvalue weighted by Gasteiger charge is 2.24. The van der Waals surface area contributed by atoms with Crippen molar-refractivity contribution in [3.05, 3.63) is 63.7 Å². The second kappa shape index (κ2) is 8.25. The van der Waals surface area contributed by atoms with Gasteiger partial charge in [0.2, 0.25) is 0 Å². The summed E-state index contributed by atoms with van der Waals surface area (Å²) < 4.78 is 0. The topological polar surface area (TPSA) is 90.8 Å². The average Bonchev–Trinajstić information content (AvgIpc) is 3.39. The van der Waals surface area contributed by atoms with Gasteiger partial charge in [0, 0.05) is 27.8 Å². The first kappa shape index (κ1) is 19.5. The number of carbonyl (C=O) groups is 2. The Labute approximate surface area is 174 Å². The Morgan fingerprint density at radius 1 is 1.03 bits per heavy atom. The second-order valence-electron chi connectivity index (χ2n) is 7.46. The average molecular weight is 412 g/mol. The summed E-state index contributed by atoms with van der Waals surface area (Å²) in [6, 6.07) is 9.97. The zero-order valence-corrected chi connectivity index (χ0v) is 16.6. The van der Waals surface area contributed by atoms with Crippen molar-refractivity contribution in [3.8, 4) is 5.75 Å². The van der Waals surface area contributed by atoms with Crippen LogP contribution < -0.4 is 10.7 Å². The van der Waals surface area contributed by atoms with Crippen molar-refractivity contribution >= 4 is 29.1 Å². The number of halogens is 1. The third kappa shape index (κ3) is 4.12. The van der Waals surface area contributed by atoms with Crippen LogP contribution in [0.2, 0.25) is 5.02 Å². The van der Waals surface area contributed by atoms with E-state index in [0.717, 1.165) is 31.2 Å². The van der Waals surface area contributed by atoms with E-state index >= 15 is 0 Å². The van der Waals surface area contributed by atoms with Crippen molar-refractivity contribution in [1.29, 1.82) is 0 Å². The Morgan fingerprint density at radius 3 is 2.52 bits per heavy atom. The van der Waals surface area contributed by atoms with E-state index in [9.17, 15) is 14.7 Å². The quantitative estimate of drug-likeness (QED) is 0.668. The van der Waals surface area contributed by atoms with Crippen LogP contribution in [0.5, 0.6) is 5.75 Å². The fourth-order valence-corrected chi connectivity index (χ4v) is 4.23. The molecule has 0 aromatic heterocycles. The summed E-state index contributed by atoms with van der Waals surface area (Å²) in [6.45, 7) is 0. The van der Waals surface area contributed by atoms with E-state index in [1.165, 1.54) is 6.07 Å². The molecule has 0 radical (unpaired) electrons. The number of nitrogens with one attached hydrogen (secondary N) is 2. The largest absolute Gasteiger partial charge is 0.507 e. The van der Waals surface area contributed by atoms with Crippen LogP contribution in [0.1, 0.15) is 63.9 Å². The van der Waals surface area contributed by atoms with Gasteiger partial charge in [0.05, 0.1) is 5.71 Å². The number of rotatable bonds is 4. The van der Waals surface area contributed by atoms with E-state index < -0.39 is 5.91 Å². The lowest BCUT2D eigenvalue weighted by molar-refractivity contribution is 0.0938. The highest BCUT2D eigenvalue weighted by molar-refractivity contribution is 6.32. The predicted molar refractivity (Wildman–Crippen MR) is 112 cm³/mol. The fourth-order valence-electron chi connectivity index (χ4n) is 3.98. The summed E-state index contributed by atoms with van der Waals surface area (Å²) in [5.41, 5.74) is 5.34. The molecule has 7 heteroatoms. The lowest BCUT2D eigenvalue weighted by atomic mass is 10.1. The van der Waals surface area contributed by atoms with E-state index in [2.05, 4.69) is 15.8 Å². The van der Waals surface area contributed by atoms with Crippen LogP contribution in [0.15, 0.2) is 41.5 Å². The van der Waals surface area contributed by atoms with Gasteiger partial charge in [-0.05, 0) is 61.6 Å². The number of fused-ring (bicyclic) bond motifs is 1. The van der Waals surface area contributed by atoms with E-state index in [1.54, 1.807) is 30.3 Å². The van der Waals surface area contributed by atoms with E-state index in [1.807, 2.05) is 0 Å². The van der Waals surface area contributed by atoms with E-state index in [4.69, 9.17) is 11.6 Å². The van der Waals surface area contributed by atoms with Gasteiger partial charge in [0.25, 0.3) is 11.8 Å². The van der Waals surface area contributed by atoms with Gasteiger partial charge in [-0.15, -0.1) is 0 Å². The zero-order chi connectivity index (χ0) is 20.4. The van der Waals surface area contributed by atoms with E-state index in [-0.39, 0.29) is 17.7 Å². The molecular weight excluding hydrogens is 390 g/mol. The number of phenolic OH excluding ortho intramolecular Hbond substituents is 1. The second-order valence-corrected chi connectivity index (χ2v) is 7.86. The Balaban J connectivity index is 1.47. The van der Waals surface area contributed by atoms with Gasteiger partial charge in [-0.25, -0.2) is 5.43 Å². The molecule has 29 heavy (non-hydrogen) atoms. The third-order valence-electron chi connectivity index (χ3n) is 5.50. The number of hydrogen-bond acceptors (Lipinski definition) is 4. The standard InChI is InChI=1S/C22H22ClN3O3/c23-17-9-11-19(27)20-16(17)8-10-18(20)25-26-22(29)14-5-3-4-13(12-14)21(28)24-15-6-1-2-7-15/h3-5,9,11-12,15,27H,1-2,6-8,10H2,(H,24,28)(H,26,29)/b25-18+. The van der Waals surface area contributed by atoms with Crippen LogP contribution in [0.3, 0.4) is 0 Å². The smallest absolute Gasteiger partial charge is 0.271 e. The van der Waals surface area contributed by atoms with Crippen LogP contribution >= 0.6 is 11.6 Å². The first-order valence-corrected chi connectivity index (χ1v) is 10.2. The molecule has 3 N–H and O–H groups in total. The van der Waals surface area contributed by atoms with Crippen molar-refractivity contribution in [2.45, 2.75) is 44.6 Å². The number of aromatic hydroxyl groups is 1. The van der Waals surface area contributed by atoms with Gasteiger partial charge in [0.15, 0.2) is 0 Å². The molecule has 0 heterocycles. The van der Waals surface area contributed by atoms with Crippen LogP contribution in [-0.2, 0) is 6.42 Å². The van der Waals surface area contributed by atoms with Crippen molar-refractivity contribution in [2.75, 3.05) is 0 Å². The van der Waals surface area contributed by atoms with Crippen molar-refractivity contribution < 1.29 is 14.7 Å². The molecule has 0 spiro atoms. The molecular formula is C22H22ClN3O3. The number of hydrogen-bond donors (Lipinski definition) is 3. The lowest BCUT2D eigenvalue weighted by Gasteiger charge is -2.12. The van der Waals surface area contributed by atoms with Crippen molar-refractivity contribution in [1.82, 2.24) is 10.7 Å². The molecule has 2 aromatic carbocycles. The van der Waals surface area contributed by atoms with Crippen LogP contribution in [0.25, 0.3) is 0 Å². The number of nitrogens with zero attached hydrogens (tertiary/aromatic N) is 1. The molecule has 2 aliphatic carbocycles. The number of carbonyl (C=O) groups excluding carboxylic acids is 2. The minimum atomic E-state index is -0.414. The lowest BCUT2D eigenvalue weighted by Crippen LogP contribution is -2.32. The van der Waals surface area contributed by atoms with E-state index in [0.29, 0.717) is 40.3 Å². The normalized spacial score (nSPS) is 17.3. The maximum Gasteiger partial charge on any atom is 0.271 e. The first-order chi connectivity index (χ1) is 14.0. The van der Waals surface area contributed by atoms with Crippen molar-refractivity contribution in [2.24, 2.45) is 5.10 Å². The number of amides is 2. The maximum atomic E-state index is 12.5. The summed E-state index contributed by atoms with van der Waals surface area (Å²) in [5.74, 6) is -0.481. The Kier molecular flexibility index (Phi) is 5.53. The summed E-state index contributed by atoms with van der Waals surface area (Å²) >= 11 is 6.18. The molecule has 2 amide bonds. The molecule has 2 aliphatic rings. The van der Waals surface area contributed by atoms with Gasteiger partial charge in [-0.1, -0.05) is 30.5 Å². The Hall–Kier alpha value is -2.86. The highest BCUT2D eigenvalue weighted by atomic mass is 35.5. The van der Waals surface area contributed by atoms with Gasteiger partial charge in [-0.2, -0.15) is 5.10 Å². The van der Waals surface area contributed by atoms with Crippen LogP contribution in [0, 0.1) is 0 Å². The molecule has 0 bridgehead atoms. The number of phenols is 1. The first-order valence-electron chi connectivity index (χ1n) is 9.81. The molecule has 0 atom stereocenters. The summed E-state index contributed by atoms with van der Waals surface area (Å²) in [4.78, 5) is 25.0. The zero-order valence-electron chi connectivity index (χ0n) is 15.9. The predicted octanol–water partition coefficient (Wildman–Crippen LogP) is 3.80. The summed E-state index contributed by atoms with van der Waals surface area (Å²) in [7, 11) is 0. The Bertz CT molecular complexity index is 997. The summed E-state index contributed by atoms with van der Waals surface area (Å²) in [6.07, 6.45) is 5.52. The van der Waals surface area contributed by atoms with Gasteiger partial charge >= 0.3 is 0 Å². The fraction of sp³-hybridized carbons (Fsp3) is 0.318.